The normalized spacial score (nSPS) is 12.0. The fraction of sp³-hybridized carbons (Fsp3) is 0.417. The van der Waals surface area contributed by atoms with Gasteiger partial charge in [-0.05, 0) is 94.4 Å². The molecule has 0 aliphatic heterocycles. The Morgan fingerprint density at radius 2 is 1.66 bits per heavy atom. The fourth-order valence-corrected chi connectivity index (χ4v) is 5.31. The highest BCUT2D eigenvalue weighted by Gasteiger charge is 2.17. The van der Waals surface area contributed by atoms with Crippen molar-refractivity contribution in [1.82, 2.24) is 4.98 Å². The second kappa shape index (κ2) is 15.4. The number of allylic oxidation sites excluding steroid dienone is 2. The zero-order valence-corrected chi connectivity index (χ0v) is 26.0. The first kappa shape index (κ1) is 31.9. The van der Waals surface area contributed by atoms with Crippen molar-refractivity contribution in [2.75, 3.05) is 10.6 Å². The van der Waals surface area contributed by atoms with Gasteiger partial charge in [-0.1, -0.05) is 76.3 Å². The SMILES string of the molecule is CCCCCC(CCC)c1ccc(C(=O)Nc2c(CC)[nH]c(C)c2C=CC(Nc2c(C)cccc2F)=C(C)C)cc1. The molecule has 0 spiro atoms. The maximum atomic E-state index is 14.5. The molecule has 0 aliphatic rings. The van der Waals surface area contributed by atoms with Crippen LogP contribution in [0, 0.1) is 19.7 Å². The first-order chi connectivity index (χ1) is 19.7. The molecular weight excluding hydrogens is 509 g/mol. The highest BCUT2D eigenvalue weighted by Crippen LogP contribution is 2.30. The number of unbranched alkanes of at least 4 members (excludes halogenated alkanes) is 2. The molecule has 41 heavy (non-hydrogen) atoms. The smallest absolute Gasteiger partial charge is 0.255 e. The third-order valence-electron chi connectivity index (χ3n) is 7.78. The number of anilines is 2. The number of carbonyl (C=O) groups is 1. The van der Waals surface area contributed by atoms with Gasteiger partial charge in [0, 0.05) is 28.2 Å². The van der Waals surface area contributed by atoms with E-state index in [0.29, 0.717) is 17.2 Å². The molecule has 0 radical (unpaired) electrons. The molecule has 1 amide bonds. The van der Waals surface area contributed by atoms with Crippen molar-refractivity contribution in [3.63, 3.8) is 0 Å². The van der Waals surface area contributed by atoms with Crippen LogP contribution in [0.4, 0.5) is 15.8 Å². The van der Waals surface area contributed by atoms with Gasteiger partial charge in [-0.15, -0.1) is 0 Å². The Hall–Kier alpha value is -3.60. The molecule has 0 bridgehead atoms. The summed E-state index contributed by atoms with van der Waals surface area (Å²) in [5, 5.41) is 6.46. The van der Waals surface area contributed by atoms with Gasteiger partial charge in [0.2, 0.25) is 0 Å². The lowest BCUT2D eigenvalue weighted by Gasteiger charge is -2.17. The number of halogens is 1. The molecule has 3 aromatic rings. The number of aryl methyl sites for hydroxylation is 3. The molecule has 1 unspecified atom stereocenters. The minimum atomic E-state index is -0.288. The van der Waals surface area contributed by atoms with E-state index in [0.717, 1.165) is 52.3 Å². The summed E-state index contributed by atoms with van der Waals surface area (Å²) in [6.07, 6.45) is 12.0. The first-order valence-corrected chi connectivity index (χ1v) is 15.2. The van der Waals surface area contributed by atoms with Crippen LogP contribution in [-0.2, 0) is 6.42 Å². The van der Waals surface area contributed by atoms with Gasteiger partial charge in [-0.2, -0.15) is 0 Å². The molecule has 1 aromatic heterocycles. The number of para-hydroxylation sites is 1. The van der Waals surface area contributed by atoms with Crippen molar-refractivity contribution in [1.29, 1.82) is 0 Å². The average Bonchev–Trinajstić information content (AvgIpc) is 3.25. The molecule has 0 saturated heterocycles. The van der Waals surface area contributed by atoms with E-state index in [4.69, 9.17) is 0 Å². The number of benzene rings is 2. The number of amides is 1. The molecule has 1 atom stereocenters. The van der Waals surface area contributed by atoms with E-state index in [1.54, 1.807) is 6.07 Å². The Morgan fingerprint density at radius 3 is 2.27 bits per heavy atom. The van der Waals surface area contributed by atoms with E-state index in [-0.39, 0.29) is 11.7 Å². The van der Waals surface area contributed by atoms with Crippen LogP contribution in [0.25, 0.3) is 6.08 Å². The van der Waals surface area contributed by atoms with Gasteiger partial charge in [0.1, 0.15) is 5.82 Å². The predicted molar refractivity (Wildman–Crippen MR) is 173 cm³/mol. The number of aromatic amines is 1. The van der Waals surface area contributed by atoms with Crippen LogP contribution in [0.1, 0.15) is 117 Å². The summed E-state index contributed by atoms with van der Waals surface area (Å²) < 4.78 is 14.5. The number of carbonyl (C=O) groups excluding carboxylic acids is 1. The third-order valence-corrected chi connectivity index (χ3v) is 7.78. The van der Waals surface area contributed by atoms with Crippen molar-refractivity contribution in [3.8, 4) is 0 Å². The number of hydrogen-bond donors (Lipinski definition) is 3. The van der Waals surface area contributed by atoms with Crippen molar-refractivity contribution in [2.45, 2.75) is 99.3 Å². The number of aromatic nitrogens is 1. The summed E-state index contributed by atoms with van der Waals surface area (Å²) in [4.78, 5) is 16.9. The minimum Gasteiger partial charge on any atom is -0.360 e. The molecule has 0 saturated carbocycles. The molecule has 1 heterocycles. The van der Waals surface area contributed by atoms with E-state index < -0.39 is 0 Å². The van der Waals surface area contributed by atoms with E-state index in [1.165, 1.54) is 43.7 Å². The molecule has 2 aromatic carbocycles. The molecular formula is C36H48FN3O. The van der Waals surface area contributed by atoms with Crippen molar-refractivity contribution < 1.29 is 9.18 Å². The van der Waals surface area contributed by atoms with Gasteiger partial charge in [-0.25, -0.2) is 4.39 Å². The summed E-state index contributed by atoms with van der Waals surface area (Å²) >= 11 is 0. The Balaban J connectivity index is 1.84. The van der Waals surface area contributed by atoms with Gasteiger partial charge in [-0.3, -0.25) is 4.79 Å². The molecule has 3 rings (SSSR count). The topological polar surface area (TPSA) is 56.9 Å². The highest BCUT2D eigenvalue weighted by atomic mass is 19.1. The standard InChI is InChI=1S/C36H48FN3O/c1-8-11-12-16-27(14-9-2)28-18-20-29(21-19-28)36(41)40-35-30(26(7)38-32(35)10-3)22-23-33(24(4)5)39-34-25(6)15-13-17-31(34)37/h13,15,17-23,27,38-39H,8-12,14,16H2,1-7H3,(H,40,41). The second-order valence-corrected chi connectivity index (χ2v) is 11.2. The summed E-state index contributed by atoms with van der Waals surface area (Å²) in [6, 6.07) is 13.2. The van der Waals surface area contributed by atoms with E-state index in [2.05, 4.69) is 48.5 Å². The summed E-state index contributed by atoms with van der Waals surface area (Å²) in [5.41, 5.74) is 8.75. The Labute approximate surface area is 246 Å². The van der Waals surface area contributed by atoms with Crippen molar-refractivity contribution in [3.05, 3.63) is 99.3 Å². The molecule has 0 aliphatic carbocycles. The van der Waals surface area contributed by atoms with Gasteiger partial charge >= 0.3 is 0 Å². The Bertz CT molecular complexity index is 1340. The van der Waals surface area contributed by atoms with Crippen molar-refractivity contribution in [2.24, 2.45) is 0 Å². The summed E-state index contributed by atoms with van der Waals surface area (Å²) in [5.74, 6) is 0.134. The molecule has 4 nitrogen and oxygen atoms in total. The Kier molecular flexibility index (Phi) is 12.0. The number of rotatable bonds is 14. The third kappa shape index (κ3) is 8.45. The zero-order valence-electron chi connectivity index (χ0n) is 26.0. The lowest BCUT2D eigenvalue weighted by Crippen LogP contribution is -2.13. The van der Waals surface area contributed by atoms with Crippen LogP contribution in [0.15, 0.2) is 59.8 Å². The monoisotopic (exact) mass is 557 g/mol. The van der Waals surface area contributed by atoms with Crippen LogP contribution < -0.4 is 10.6 Å². The number of nitrogens with one attached hydrogen (secondary N) is 3. The molecule has 220 valence electrons. The van der Waals surface area contributed by atoms with Crippen molar-refractivity contribution >= 4 is 23.4 Å². The average molecular weight is 558 g/mol. The zero-order chi connectivity index (χ0) is 29.9. The van der Waals surface area contributed by atoms with Crippen LogP contribution in [0.5, 0.6) is 0 Å². The van der Waals surface area contributed by atoms with Gasteiger partial charge in [0.15, 0.2) is 0 Å². The quantitative estimate of drug-likeness (QED) is 0.136. The lowest BCUT2D eigenvalue weighted by molar-refractivity contribution is 0.102. The lowest BCUT2D eigenvalue weighted by atomic mass is 9.89. The van der Waals surface area contributed by atoms with E-state index in [9.17, 15) is 9.18 Å². The van der Waals surface area contributed by atoms with Crippen LogP contribution in [-0.4, -0.2) is 10.9 Å². The predicted octanol–water partition coefficient (Wildman–Crippen LogP) is 10.5. The van der Waals surface area contributed by atoms with Gasteiger partial charge in [0.05, 0.1) is 11.4 Å². The molecule has 5 heteroatoms. The minimum absolute atomic E-state index is 0.125. The number of hydrogen-bond acceptors (Lipinski definition) is 2. The number of H-pyrrole nitrogens is 1. The maximum absolute atomic E-state index is 14.5. The van der Waals surface area contributed by atoms with Crippen LogP contribution in [0.2, 0.25) is 0 Å². The fourth-order valence-electron chi connectivity index (χ4n) is 5.31. The second-order valence-electron chi connectivity index (χ2n) is 11.2. The van der Waals surface area contributed by atoms with Gasteiger partial charge in [0.25, 0.3) is 5.91 Å². The summed E-state index contributed by atoms with van der Waals surface area (Å²) in [7, 11) is 0. The Morgan fingerprint density at radius 1 is 0.927 bits per heavy atom. The summed E-state index contributed by atoms with van der Waals surface area (Å²) in [6.45, 7) is 14.4. The van der Waals surface area contributed by atoms with Crippen LogP contribution in [0.3, 0.4) is 0 Å². The molecule has 3 N–H and O–H groups in total. The van der Waals surface area contributed by atoms with Crippen LogP contribution >= 0.6 is 0 Å². The highest BCUT2D eigenvalue weighted by molar-refractivity contribution is 6.06. The molecule has 0 fully saturated rings. The van der Waals surface area contributed by atoms with E-state index in [1.807, 2.05) is 58.0 Å². The first-order valence-electron chi connectivity index (χ1n) is 15.2. The largest absolute Gasteiger partial charge is 0.360 e. The van der Waals surface area contributed by atoms with Gasteiger partial charge < -0.3 is 15.6 Å². The van der Waals surface area contributed by atoms with E-state index >= 15 is 0 Å². The maximum Gasteiger partial charge on any atom is 0.255 e.